The molecule has 0 aromatic heterocycles. The van der Waals surface area contributed by atoms with E-state index < -0.39 is 0 Å². The first-order valence-corrected chi connectivity index (χ1v) is 11.9. The van der Waals surface area contributed by atoms with Crippen molar-refractivity contribution in [3.05, 3.63) is 23.8 Å². The zero-order valence-corrected chi connectivity index (χ0v) is 17.3. The Labute approximate surface area is 169 Å². The van der Waals surface area contributed by atoms with E-state index in [1.165, 1.54) is 57.8 Å². The number of nitrogens with zero attached hydrogens (tertiary/aromatic N) is 1. The van der Waals surface area contributed by atoms with Crippen LogP contribution >= 0.6 is 0 Å². The molecule has 3 nitrogen and oxygen atoms in total. The van der Waals surface area contributed by atoms with Crippen molar-refractivity contribution >= 4 is 5.71 Å². The number of rotatable bonds is 2. The summed E-state index contributed by atoms with van der Waals surface area (Å²) in [4.78, 5) is 0. The molecule has 4 fully saturated rings. The average Bonchev–Trinajstić information content (AvgIpc) is 3.39. The largest absolute Gasteiger partial charge is 0.411 e. The number of oxime groups is 1. The molecule has 0 saturated heterocycles. The van der Waals surface area contributed by atoms with Crippen LogP contribution in [-0.4, -0.2) is 23.1 Å². The van der Waals surface area contributed by atoms with Crippen LogP contribution in [0.5, 0.6) is 0 Å². The van der Waals surface area contributed by atoms with Gasteiger partial charge in [-0.05, 0) is 106 Å². The molecule has 28 heavy (non-hydrogen) atoms. The Morgan fingerprint density at radius 2 is 2.04 bits per heavy atom. The molecule has 0 bridgehead atoms. The number of hydrogen-bond donors (Lipinski definition) is 1. The highest BCUT2D eigenvalue weighted by Gasteiger charge is 2.66. The van der Waals surface area contributed by atoms with E-state index in [0.717, 1.165) is 54.2 Å². The second-order valence-electron chi connectivity index (χ2n) is 10.7. The second-order valence-corrected chi connectivity index (χ2v) is 10.7. The molecular weight excluding hydrogens is 346 g/mol. The fourth-order valence-corrected chi connectivity index (χ4v) is 8.93. The summed E-state index contributed by atoms with van der Waals surface area (Å²) >= 11 is 0. The van der Waals surface area contributed by atoms with Gasteiger partial charge in [0.25, 0.3) is 0 Å². The maximum atomic E-state index is 9.33. The first-order chi connectivity index (χ1) is 13.7. The summed E-state index contributed by atoms with van der Waals surface area (Å²) in [5, 5.41) is 12.9. The Morgan fingerprint density at radius 3 is 2.75 bits per heavy atom. The molecule has 0 amide bonds. The molecule has 1 aliphatic heterocycles. The molecule has 0 radical (unpaired) electrons. The first kappa shape index (κ1) is 17.7. The number of fused-ring (bicyclic) bond motifs is 6. The highest BCUT2D eigenvalue weighted by Crippen LogP contribution is 2.70. The molecule has 7 atom stereocenters. The van der Waals surface area contributed by atoms with Crippen molar-refractivity contribution in [1.82, 2.24) is 0 Å². The van der Waals surface area contributed by atoms with Crippen molar-refractivity contribution < 1.29 is 9.94 Å². The first-order valence-electron chi connectivity index (χ1n) is 11.9. The molecule has 1 heterocycles. The highest BCUT2D eigenvalue weighted by molar-refractivity contribution is 5.96. The van der Waals surface area contributed by atoms with Gasteiger partial charge >= 0.3 is 0 Å². The molecule has 6 aliphatic rings. The smallest absolute Gasteiger partial charge is 0.0926 e. The summed E-state index contributed by atoms with van der Waals surface area (Å²) in [5.41, 5.74) is 2.97. The standard InChI is InChI=1S/C25H35NO2/c1-2-24-11-8-20-19-7-6-18(26-27)14-17(19)15-21(16-4-5-16)23(20)22(24)9-12-25(24)10-3-13-28-25/h3,10,14,16,19-23,27H,2,4-9,11-13,15H2,1H3/b26-18+/t19-,20?,21?,22?,23?,24-,25-/m0/s1. The quantitative estimate of drug-likeness (QED) is 0.376. The van der Waals surface area contributed by atoms with Gasteiger partial charge in [0.2, 0.25) is 0 Å². The van der Waals surface area contributed by atoms with Crippen LogP contribution in [-0.2, 0) is 4.74 Å². The van der Waals surface area contributed by atoms with Gasteiger partial charge in [0, 0.05) is 5.41 Å². The second kappa shape index (κ2) is 6.20. The molecule has 1 N–H and O–H groups in total. The Bertz CT molecular complexity index is 750. The number of ether oxygens (including phenoxy) is 1. The van der Waals surface area contributed by atoms with Gasteiger partial charge in [0.05, 0.1) is 17.9 Å². The monoisotopic (exact) mass is 381 g/mol. The van der Waals surface area contributed by atoms with Crippen LogP contribution in [0, 0.1) is 40.9 Å². The zero-order valence-electron chi connectivity index (χ0n) is 17.3. The van der Waals surface area contributed by atoms with Crippen LogP contribution in [0.25, 0.3) is 0 Å². The lowest BCUT2D eigenvalue weighted by atomic mass is 9.46. The molecule has 0 aromatic carbocycles. The molecule has 4 unspecified atom stereocenters. The SMILES string of the molecule is CC[C@]12CCC3C(C(C4CC4)CC4=C/C(=N/O)CC[C@@H]43)C1CC[C@@]21C=CCO1. The van der Waals surface area contributed by atoms with Crippen molar-refractivity contribution in [2.24, 2.45) is 46.1 Å². The summed E-state index contributed by atoms with van der Waals surface area (Å²) in [6.07, 6.45) is 20.0. The maximum absolute atomic E-state index is 9.33. The third-order valence-corrected chi connectivity index (χ3v) is 10.1. The van der Waals surface area contributed by atoms with Gasteiger partial charge < -0.3 is 9.94 Å². The van der Waals surface area contributed by atoms with Crippen molar-refractivity contribution in [2.75, 3.05) is 6.61 Å². The van der Waals surface area contributed by atoms with Gasteiger partial charge in [-0.15, -0.1) is 0 Å². The van der Waals surface area contributed by atoms with E-state index in [-0.39, 0.29) is 5.60 Å². The van der Waals surface area contributed by atoms with Gasteiger partial charge in [-0.1, -0.05) is 29.8 Å². The lowest BCUT2D eigenvalue weighted by Gasteiger charge is -2.59. The van der Waals surface area contributed by atoms with Crippen molar-refractivity contribution in [1.29, 1.82) is 0 Å². The van der Waals surface area contributed by atoms with Crippen LogP contribution in [0.2, 0.25) is 0 Å². The molecule has 1 spiro atoms. The molecule has 4 saturated carbocycles. The third-order valence-electron chi connectivity index (χ3n) is 10.1. The average molecular weight is 382 g/mol. The van der Waals surface area contributed by atoms with Crippen molar-refractivity contribution in [2.45, 2.75) is 76.7 Å². The number of hydrogen-bond acceptors (Lipinski definition) is 3. The molecule has 0 aromatic rings. The summed E-state index contributed by atoms with van der Waals surface area (Å²) < 4.78 is 6.53. The van der Waals surface area contributed by atoms with Gasteiger partial charge in [-0.3, -0.25) is 0 Å². The van der Waals surface area contributed by atoms with Gasteiger partial charge in [-0.25, -0.2) is 0 Å². The minimum Gasteiger partial charge on any atom is -0.411 e. The van der Waals surface area contributed by atoms with E-state index >= 15 is 0 Å². The van der Waals surface area contributed by atoms with Crippen molar-refractivity contribution in [3.8, 4) is 0 Å². The van der Waals surface area contributed by atoms with E-state index in [9.17, 15) is 5.21 Å². The third kappa shape index (κ3) is 2.23. The van der Waals surface area contributed by atoms with Crippen molar-refractivity contribution in [3.63, 3.8) is 0 Å². The van der Waals surface area contributed by atoms with Crippen LogP contribution in [0.4, 0.5) is 0 Å². The molecule has 152 valence electrons. The predicted octanol–water partition coefficient (Wildman–Crippen LogP) is 5.74. The summed E-state index contributed by atoms with van der Waals surface area (Å²) in [6.45, 7) is 3.27. The van der Waals surface area contributed by atoms with E-state index in [0.29, 0.717) is 5.41 Å². The van der Waals surface area contributed by atoms with Crippen LogP contribution in [0.15, 0.2) is 29.0 Å². The predicted molar refractivity (Wildman–Crippen MR) is 110 cm³/mol. The maximum Gasteiger partial charge on any atom is 0.0926 e. The number of allylic oxidation sites excluding steroid dienone is 2. The minimum atomic E-state index is 0.0465. The highest BCUT2D eigenvalue weighted by atomic mass is 16.5. The Kier molecular flexibility index (Phi) is 3.93. The summed E-state index contributed by atoms with van der Waals surface area (Å²) in [7, 11) is 0. The van der Waals surface area contributed by atoms with Crippen LogP contribution < -0.4 is 0 Å². The Hall–Kier alpha value is -1.09. The lowest BCUT2D eigenvalue weighted by Crippen LogP contribution is -2.55. The van der Waals surface area contributed by atoms with Crippen LogP contribution in [0.3, 0.4) is 0 Å². The van der Waals surface area contributed by atoms with E-state index in [1.54, 1.807) is 5.57 Å². The Morgan fingerprint density at radius 1 is 1.14 bits per heavy atom. The molecule has 5 aliphatic carbocycles. The molecular formula is C25H35NO2. The fourth-order valence-electron chi connectivity index (χ4n) is 8.93. The van der Waals surface area contributed by atoms with E-state index in [1.807, 2.05) is 0 Å². The van der Waals surface area contributed by atoms with Gasteiger partial charge in [0.15, 0.2) is 0 Å². The van der Waals surface area contributed by atoms with E-state index in [4.69, 9.17) is 4.74 Å². The van der Waals surface area contributed by atoms with E-state index in [2.05, 4.69) is 30.3 Å². The molecule has 3 heteroatoms. The molecule has 6 rings (SSSR count). The normalized spacial score (nSPS) is 51.1. The fraction of sp³-hybridized carbons (Fsp3) is 0.800. The van der Waals surface area contributed by atoms with Gasteiger partial charge in [0.1, 0.15) is 0 Å². The lowest BCUT2D eigenvalue weighted by molar-refractivity contribution is -0.134. The van der Waals surface area contributed by atoms with Crippen LogP contribution in [0.1, 0.15) is 71.1 Å². The topological polar surface area (TPSA) is 41.8 Å². The minimum absolute atomic E-state index is 0.0465. The Balaban J connectivity index is 1.40. The summed E-state index contributed by atoms with van der Waals surface area (Å²) in [5.74, 6) is 5.16. The van der Waals surface area contributed by atoms with Gasteiger partial charge in [-0.2, -0.15) is 0 Å². The summed E-state index contributed by atoms with van der Waals surface area (Å²) in [6, 6.07) is 0. The zero-order chi connectivity index (χ0) is 18.9.